The van der Waals surface area contributed by atoms with Gasteiger partial charge in [0.2, 0.25) is 0 Å². The smallest absolute Gasteiger partial charge is 0.265 e. The first-order chi connectivity index (χ1) is 8.99. The lowest BCUT2D eigenvalue weighted by Gasteiger charge is -2.10. The average Bonchev–Trinajstić information content (AvgIpc) is 2.27. The van der Waals surface area contributed by atoms with Crippen LogP contribution in [-0.2, 0) is 20.2 Å². The molecule has 0 saturated heterocycles. The summed E-state index contributed by atoms with van der Waals surface area (Å²) in [6.45, 7) is 0. The first kappa shape index (κ1) is 20.4. The second-order valence-corrected chi connectivity index (χ2v) is 10.0. The van der Waals surface area contributed by atoms with Crippen LogP contribution >= 0.6 is 21.6 Å². The third-order valence-electron chi connectivity index (χ3n) is 2.20. The Kier molecular flexibility index (Phi) is 9.66. The van der Waals surface area contributed by atoms with Crippen LogP contribution < -0.4 is 11.5 Å². The van der Waals surface area contributed by atoms with Gasteiger partial charge in [-0.05, 0) is 6.42 Å². The molecule has 0 bridgehead atoms. The molecule has 0 aromatic carbocycles. The fraction of sp³-hybridized carbons (Fsp3) is 1.00. The molecule has 122 valence electrons. The Morgan fingerprint density at radius 1 is 0.950 bits per heavy atom. The van der Waals surface area contributed by atoms with Gasteiger partial charge in [-0.3, -0.25) is 9.11 Å². The molecular weight excluding hydrogens is 348 g/mol. The van der Waals surface area contributed by atoms with E-state index in [1.165, 1.54) is 21.6 Å². The van der Waals surface area contributed by atoms with Crippen molar-refractivity contribution in [1.82, 2.24) is 0 Å². The van der Waals surface area contributed by atoms with Crippen LogP contribution in [0.2, 0.25) is 0 Å². The van der Waals surface area contributed by atoms with E-state index >= 15 is 0 Å². The lowest BCUT2D eigenvalue weighted by atomic mass is 10.3. The molecule has 2 unspecified atom stereocenters. The van der Waals surface area contributed by atoms with Gasteiger partial charge in [0, 0.05) is 18.2 Å². The molecule has 0 amide bonds. The summed E-state index contributed by atoms with van der Waals surface area (Å²) in [5.74, 6) is 0.461. The lowest BCUT2D eigenvalue weighted by molar-refractivity contribution is -0.412. The predicted octanol–water partition coefficient (Wildman–Crippen LogP) is -1.14. The molecule has 2 atom stereocenters. The summed E-state index contributed by atoms with van der Waals surface area (Å²) >= 11 is 0. The van der Waals surface area contributed by atoms with Crippen molar-refractivity contribution in [2.75, 3.05) is 23.0 Å². The number of hydrogen-bond donors (Lipinski definition) is 4. The molecular formula is C8H21N2O6S4+. The zero-order valence-corrected chi connectivity index (χ0v) is 14.1. The summed E-state index contributed by atoms with van der Waals surface area (Å²) < 4.78 is 59.3. The topological polar surface area (TPSA) is 162 Å². The van der Waals surface area contributed by atoms with Crippen LogP contribution in [0.5, 0.6) is 0 Å². The highest BCUT2D eigenvalue weighted by Gasteiger charge is 2.13. The summed E-state index contributed by atoms with van der Waals surface area (Å²) in [6.07, 6.45) is 0.462. The van der Waals surface area contributed by atoms with E-state index in [-0.39, 0.29) is 36.4 Å². The summed E-state index contributed by atoms with van der Waals surface area (Å²) in [4.78, 5) is 0. The van der Waals surface area contributed by atoms with Crippen molar-refractivity contribution in [3.05, 3.63) is 0 Å². The van der Waals surface area contributed by atoms with E-state index < -0.39 is 20.2 Å². The molecule has 0 aromatic rings. The van der Waals surface area contributed by atoms with Crippen LogP contribution in [0.15, 0.2) is 0 Å². The van der Waals surface area contributed by atoms with Crippen LogP contribution in [0, 0.1) is 0 Å². The fourth-order valence-electron chi connectivity index (χ4n) is 1.06. The standard InChI is InChI=1S/C8H20N2O6S4/c9-7(1-3-19(11,12)13)5-17-18-6-8(10)2-4-20(14,15)16/h7-8H,1-6,9-10H2,(H,11,12,13)(H,14,15,16)/p+1. The van der Waals surface area contributed by atoms with Gasteiger partial charge in [0.15, 0.2) is 0 Å². The Morgan fingerprint density at radius 2 is 1.40 bits per heavy atom. The Bertz CT molecular complexity index is 421. The van der Waals surface area contributed by atoms with Crippen LogP contribution in [0.3, 0.4) is 0 Å². The maximum atomic E-state index is 10.5. The van der Waals surface area contributed by atoms with E-state index in [4.69, 9.17) is 14.8 Å². The number of rotatable bonds is 11. The SMILES string of the molecule is NC(CCS(=O)(=O)O)CSSCC([NH3+])CCS(=O)(=O)O. The van der Waals surface area contributed by atoms with Gasteiger partial charge in [-0.25, -0.2) is 0 Å². The predicted molar refractivity (Wildman–Crippen MR) is 81.6 cm³/mol. The van der Waals surface area contributed by atoms with Gasteiger partial charge in [0.25, 0.3) is 20.2 Å². The van der Waals surface area contributed by atoms with Gasteiger partial charge < -0.3 is 11.5 Å². The Balaban J connectivity index is 3.65. The monoisotopic (exact) mass is 369 g/mol. The highest BCUT2D eigenvalue weighted by molar-refractivity contribution is 8.76. The average molecular weight is 370 g/mol. The van der Waals surface area contributed by atoms with Crippen molar-refractivity contribution >= 4 is 41.8 Å². The molecule has 0 spiro atoms. The van der Waals surface area contributed by atoms with E-state index in [1.54, 1.807) is 0 Å². The summed E-state index contributed by atoms with van der Waals surface area (Å²) in [7, 11) is -5.02. The summed E-state index contributed by atoms with van der Waals surface area (Å²) in [5.41, 5.74) is 9.45. The molecule has 0 aliphatic heterocycles. The van der Waals surface area contributed by atoms with Crippen LogP contribution in [0.1, 0.15) is 12.8 Å². The van der Waals surface area contributed by atoms with E-state index in [2.05, 4.69) is 5.73 Å². The number of nitrogens with two attached hydrogens (primary N) is 1. The molecule has 0 aromatic heterocycles. The van der Waals surface area contributed by atoms with Gasteiger partial charge in [0.05, 0.1) is 23.3 Å². The normalized spacial score (nSPS) is 16.0. The van der Waals surface area contributed by atoms with Gasteiger partial charge in [-0.2, -0.15) is 16.8 Å². The lowest BCUT2D eigenvalue weighted by Crippen LogP contribution is -2.62. The van der Waals surface area contributed by atoms with E-state index in [0.717, 1.165) is 0 Å². The summed E-state index contributed by atoms with van der Waals surface area (Å²) in [6, 6.07) is -0.445. The molecule has 20 heavy (non-hydrogen) atoms. The molecule has 8 nitrogen and oxygen atoms in total. The van der Waals surface area contributed by atoms with Crippen molar-refractivity contribution < 1.29 is 31.7 Å². The minimum absolute atomic E-state index is 0.108. The first-order valence-corrected chi connectivity index (χ1v) is 11.4. The van der Waals surface area contributed by atoms with Gasteiger partial charge in [0.1, 0.15) is 0 Å². The van der Waals surface area contributed by atoms with E-state index in [1.807, 2.05) is 0 Å². The highest BCUT2D eigenvalue weighted by atomic mass is 33.1. The third kappa shape index (κ3) is 14.8. The Morgan fingerprint density at radius 3 is 1.90 bits per heavy atom. The molecule has 0 saturated carbocycles. The van der Waals surface area contributed by atoms with Crippen LogP contribution in [0.4, 0.5) is 0 Å². The van der Waals surface area contributed by atoms with Crippen molar-refractivity contribution in [2.24, 2.45) is 5.73 Å². The molecule has 0 radical (unpaired) electrons. The zero-order chi connectivity index (χ0) is 15.8. The molecule has 0 heterocycles. The van der Waals surface area contributed by atoms with Gasteiger partial charge in [-0.1, -0.05) is 21.6 Å². The van der Waals surface area contributed by atoms with Crippen molar-refractivity contribution in [3.63, 3.8) is 0 Å². The quantitative estimate of drug-likeness (QED) is 0.200. The van der Waals surface area contributed by atoms with E-state index in [0.29, 0.717) is 11.5 Å². The van der Waals surface area contributed by atoms with Gasteiger partial charge in [-0.15, -0.1) is 0 Å². The number of hydrogen-bond acceptors (Lipinski definition) is 7. The van der Waals surface area contributed by atoms with Crippen molar-refractivity contribution in [2.45, 2.75) is 24.9 Å². The maximum absolute atomic E-state index is 10.5. The van der Waals surface area contributed by atoms with Crippen molar-refractivity contribution in [1.29, 1.82) is 0 Å². The first-order valence-electron chi connectivity index (χ1n) is 5.73. The van der Waals surface area contributed by atoms with Crippen LogP contribution in [-0.4, -0.2) is 61.0 Å². The maximum Gasteiger partial charge on any atom is 0.265 e. The molecule has 12 heteroatoms. The van der Waals surface area contributed by atoms with Crippen molar-refractivity contribution in [3.8, 4) is 0 Å². The molecule has 0 aliphatic carbocycles. The van der Waals surface area contributed by atoms with Gasteiger partial charge >= 0.3 is 0 Å². The fourth-order valence-corrected chi connectivity index (χ4v) is 4.87. The number of quaternary nitrogens is 1. The Labute approximate surface area is 127 Å². The molecule has 7 N–H and O–H groups in total. The van der Waals surface area contributed by atoms with E-state index in [9.17, 15) is 16.8 Å². The largest absolute Gasteiger partial charge is 0.354 e. The zero-order valence-electron chi connectivity index (χ0n) is 10.8. The Hall–Kier alpha value is 0.440. The second-order valence-electron chi connectivity index (χ2n) is 4.34. The minimum atomic E-state index is -3.97. The van der Waals surface area contributed by atoms with Crippen LogP contribution in [0.25, 0.3) is 0 Å². The highest BCUT2D eigenvalue weighted by Crippen LogP contribution is 2.23. The third-order valence-corrected chi connectivity index (χ3v) is 6.36. The minimum Gasteiger partial charge on any atom is -0.354 e. The summed E-state index contributed by atoms with van der Waals surface area (Å²) in [5, 5.41) is 0. The molecule has 0 fully saturated rings. The molecule has 0 rings (SSSR count). The second kappa shape index (κ2) is 9.46. The molecule has 0 aliphatic rings.